The van der Waals surface area contributed by atoms with E-state index in [0.29, 0.717) is 27.9 Å². The van der Waals surface area contributed by atoms with Gasteiger partial charge in [0.2, 0.25) is 0 Å². The highest BCUT2D eigenvalue weighted by molar-refractivity contribution is 7.80. The largest absolute Gasteiger partial charge is 0.497 e. The minimum atomic E-state index is 0.334. The summed E-state index contributed by atoms with van der Waals surface area (Å²) >= 11 is 5.23. The second kappa shape index (κ2) is 9.47. The number of hydrazone groups is 1. The molecule has 0 atom stereocenters. The first-order valence-electron chi connectivity index (χ1n) is 7.65. The van der Waals surface area contributed by atoms with Gasteiger partial charge in [0.05, 0.1) is 40.2 Å². The lowest BCUT2D eigenvalue weighted by molar-refractivity contribution is 0.374. The second-order valence-corrected chi connectivity index (χ2v) is 5.41. The number of anilines is 1. The Hall–Kier alpha value is -3.00. The zero-order chi connectivity index (χ0) is 18.9. The van der Waals surface area contributed by atoms with Crippen molar-refractivity contribution in [1.29, 1.82) is 0 Å². The van der Waals surface area contributed by atoms with E-state index in [1.807, 2.05) is 24.3 Å². The Labute approximate surface area is 157 Å². The van der Waals surface area contributed by atoms with Crippen LogP contribution in [0.1, 0.15) is 5.56 Å². The van der Waals surface area contributed by atoms with Crippen LogP contribution in [-0.2, 0) is 0 Å². The Balaban J connectivity index is 2.08. The van der Waals surface area contributed by atoms with Gasteiger partial charge in [0, 0.05) is 23.9 Å². The van der Waals surface area contributed by atoms with Crippen molar-refractivity contribution in [3.05, 3.63) is 42.0 Å². The Kier molecular flexibility index (Phi) is 7.04. The molecule has 0 aliphatic carbocycles. The molecular formula is C18H21N3O4S. The number of benzene rings is 2. The van der Waals surface area contributed by atoms with E-state index >= 15 is 0 Å². The van der Waals surface area contributed by atoms with Crippen molar-refractivity contribution in [3.63, 3.8) is 0 Å². The first-order chi connectivity index (χ1) is 12.6. The standard InChI is InChI=1S/C18H21N3O4S/c1-22-13-7-5-6-12(8-13)20-18(26)21-19-11-15-16(24-3)9-14(23-2)10-17(15)25-4/h5-11H,1-4H3,(H2,20,21,26)/b19-11-. The molecule has 2 aromatic carbocycles. The predicted octanol–water partition coefficient (Wildman–Crippen LogP) is 3.04. The van der Waals surface area contributed by atoms with Crippen molar-refractivity contribution in [3.8, 4) is 23.0 Å². The monoisotopic (exact) mass is 375 g/mol. The van der Waals surface area contributed by atoms with Gasteiger partial charge in [0.15, 0.2) is 5.11 Å². The van der Waals surface area contributed by atoms with Crippen LogP contribution < -0.4 is 29.7 Å². The van der Waals surface area contributed by atoms with Crippen molar-refractivity contribution in [2.24, 2.45) is 5.10 Å². The molecule has 138 valence electrons. The van der Waals surface area contributed by atoms with Gasteiger partial charge in [-0.1, -0.05) is 6.07 Å². The molecule has 0 spiro atoms. The Morgan fingerprint density at radius 1 is 0.923 bits per heavy atom. The molecule has 2 N–H and O–H groups in total. The van der Waals surface area contributed by atoms with E-state index in [9.17, 15) is 0 Å². The van der Waals surface area contributed by atoms with Crippen LogP contribution in [0.2, 0.25) is 0 Å². The van der Waals surface area contributed by atoms with Crippen molar-refractivity contribution < 1.29 is 18.9 Å². The zero-order valence-electron chi connectivity index (χ0n) is 15.0. The SMILES string of the molecule is COc1cccc(NC(=S)N/N=C\c2c(OC)cc(OC)cc2OC)c1. The number of hydrogen-bond acceptors (Lipinski definition) is 6. The van der Waals surface area contributed by atoms with E-state index in [-0.39, 0.29) is 0 Å². The first kappa shape index (κ1) is 19.3. The maximum atomic E-state index is 5.37. The summed E-state index contributed by atoms with van der Waals surface area (Å²) < 4.78 is 21.1. The number of ether oxygens (including phenoxy) is 4. The van der Waals surface area contributed by atoms with Gasteiger partial charge in [-0.25, -0.2) is 0 Å². The molecule has 2 aromatic rings. The van der Waals surface area contributed by atoms with Crippen LogP contribution in [-0.4, -0.2) is 39.8 Å². The van der Waals surface area contributed by atoms with Crippen LogP contribution in [0.15, 0.2) is 41.5 Å². The molecule has 0 aromatic heterocycles. The summed E-state index contributed by atoms with van der Waals surface area (Å²) in [6.45, 7) is 0. The van der Waals surface area contributed by atoms with Gasteiger partial charge in [-0.15, -0.1) is 0 Å². The molecule has 0 radical (unpaired) electrons. The van der Waals surface area contributed by atoms with Crippen LogP contribution in [0.5, 0.6) is 23.0 Å². The van der Waals surface area contributed by atoms with E-state index in [1.165, 1.54) is 0 Å². The van der Waals surface area contributed by atoms with Gasteiger partial charge in [-0.2, -0.15) is 5.10 Å². The van der Waals surface area contributed by atoms with E-state index in [4.69, 9.17) is 31.2 Å². The number of thiocarbonyl (C=S) groups is 1. The predicted molar refractivity (Wildman–Crippen MR) is 106 cm³/mol. The maximum Gasteiger partial charge on any atom is 0.191 e. The number of nitrogens with zero attached hydrogens (tertiary/aromatic N) is 1. The number of hydrogen-bond donors (Lipinski definition) is 2. The van der Waals surface area contributed by atoms with Crippen LogP contribution in [0.4, 0.5) is 5.69 Å². The molecule has 0 amide bonds. The minimum absolute atomic E-state index is 0.334. The number of nitrogens with one attached hydrogen (secondary N) is 2. The molecular weight excluding hydrogens is 354 g/mol. The lowest BCUT2D eigenvalue weighted by Gasteiger charge is -2.12. The summed E-state index contributed by atoms with van der Waals surface area (Å²) in [4.78, 5) is 0. The van der Waals surface area contributed by atoms with E-state index in [0.717, 1.165) is 11.4 Å². The molecule has 0 aliphatic heterocycles. The second-order valence-electron chi connectivity index (χ2n) is 5.00. The lowest BCUT2D eigenvalue weighted by atomic mass is 10.2. The highest BCUT2D eigenvalue weighted by atomic mass is 32.1. The van der Waals surface area contributed by atoms with E-state index in [1.54, 1.807) is 46.8 Å². The highest BCUT2D eigenvalue weighted by Crippen LogP contribution is 2.32. The topological polar surface area (TPSA) is 73.3 Å². The van der Waals surface area contributed by atoms with Crippen LogP contribution in [0, 0.1) is 0 Å². The molecule has 0 saturated heterocycles. The van der Waals surface area contributed by atoms with Gasteiger partial charge in [-0.05, 0) is 24.4 Å². The van der Waals surface area contributed by atoms with Crippen LogP contribution in [0.25, 0.3) is 0 Å². The van der Waals surface area contributed by atoms with Crippen LogP contribution in [0.3, 0.4) is 0 Å². The number of rotatable bonds is 7. The summed E-state index contributed by atoms with van der Waals surface area (Å²) in [7, 11) is 6.31. The molecule has 8 heteroatoms. The Morgan fingerprint density at radius 3 is 2.15 bits per heavy atom. The number of methoxy groups -OCH3 is 4. The summed E-state index contributed by atoms with van der Waals surface area (Å²) in [5, 5.41) is 7.50. The van der Waals surface area contributed by atoms with Crippen LogP contribution >= 0.6 is 12.2 Å². The molecule has 0 aliphatic rings. The van der Waals surface area contributed by atoms with E-state index in [2.05, 4.69) is 15.8 Å². The fourth-order valence-electron chi connectivity index (χ4n) is 2.18. The van der Waals surface area contributed by atoms with Gasteiger partial charge < -0.3 is 24.3 Å². The summed E-state index contributed by atoms with van der Waals surface area (Å²) in [5.41, 5.74) is 4.20. The Bertz CT molecular complexity index is 771. The third-order valence-corrected chi connectivity index (χ3v) is 3.63. The van der Waals surface area contributed by atoms with E-state index < -0.39 is 0 Å². The fourth-order valence-corrected chi connectivity index (χ4v) is 2.35. The minimum Gasteiger partial charge on any atom is -0.497 e. The average molecular weight is 375 g/mol. The highest BCUT2D eigenvalue weighted by Gasteiger charge is 2.11. The summed E-state index contributed by atoms with van der Waals surface area (Å²) in [6.07, 6.45) is 1.57. The zero-order valence-corrected chi connectivity index (χ0v) is 15.8. The average Bonchev–Trinajstić information content (AvgIpc) is 2.67. The van der Waals surface area contributed by atoms with Gasteiger partial charge in [0.1, 0.15) is 23.0 Å². The van der Waals surface area contributed by atoms with Gasteiger partial charge in [-0.3, -0.25) is 5.43 Å². The molecule has 0 bridgehead atoms. The summed E-state index contributed by atoms with van der Waals surface area (Å²) in [6, 6.07) is 10.9. The molecule has 0 heterocycles. The van der Waals surface area contributed by atoms with Crippen molar-refractivity contribution >= 4 is 29.2 Å². The first-order valence-corrected chi connectivity index (χ1v) is 8.06. The molecule has 0 saturated carbocycles. The lowest BCUT2D eigenvalue weighted by Crippen LogP contribution is -2.23. The molecule has 7 nitrogen and oxygen atoms in total. The Morgan fingerprint density at radius 2 is 1.58 bits per heavy atom. The summed E-state index contributed by atoms with van der Waals surface area (Å²) in [5.74, 6) is 2.49. The van der Waals surface area contributed by atoms with Crippen molar-refractivity contribution in [2.45, 2.75) is 0 Å². The normalized spacial score (nSPS) is 10.3. The molecule has 0 unspecified atom stereocenters. The molecule has 2 rings (SSSR count). The molecule has 26 heavy (non-hydrogen) atoms. The van der Waals surface area contributed by atoms with Crippen molar-refractivity contribution in [2.75, 3.05) is 33.8 Å². The van der Waals surface area contributed by atoms with Crippen molar-refractivity contribution in [1.82, 2.24) is 5.43 Å². The third-order valence-electron chi connectivity index (χ3n) is 3.44. The molecule has 0 fully saturated rings. The quantitative estimate of drug-likeness (QED) is 0.438. The fraction of sp³-hybridized carbons (Fsp3) is 0.222. The maximum absolute atomic E-state index is 5.37. The van der Waals surface area contributed by atoms with Gasteiger partial charge >= 0.3 is 0 Å². The third kappa shape index (κ3) is 5.00. The van der Waals surface area contributed by atoms with Gasteiger partial charge in [0.25, 0.3) is 0 Å². The smallest absolute Gasteiger partial charge is 0.191 e.